The van der Waals surface area contributed by atoms with Gasteiger partial charge in [0.15, 0.2) is 0 Å². The molecule has 2 atom stereocenters. The van der Waals surface area contributed by atoms with Crippen molar-refractivity contribution in [3.8, 4) is 0 Å². The number of aromatic nitrogens is 1. The number of likely N-dealkylation sites (N-methyl/N-ethyl adjacent to an activating group) is 1. The summed E-state index contributed by atoms with van der Waals surface area (Å²) in [4.78, 5) is 4.67. The third-order valence-electron chi connectivity index (χ3n) is 4.40. The maximum Gasteiger partial charge on any atom is 0.121 e. The number of aryl methyl sites for hydroxylation is 2. The number of hydrogen-bond donors (Lipinski definition) is 1. The zero-order valence-corrected chi connectivity index (χ0v) is 12.9. The molecule has 0 saturated carbocycles. The van der Waals surface area contributed by atoms with E-state index in [0.717, 1.165) is 30.9 Å². The van der Waals surface area contributed by atoms with Crippen LogP contribution in [0.15, 0.2) is 34.9 Å². The zero-order chi connectivity index (χ0) is 14.7. The van der Waals surface area contributed by atoms with Gasteiger partial charge in [-0.05, 0) is 49.6 Å². The summed E-state index contributed by atoms with van der Waals surface area (Å²) in [6.07, 6.45) is 6.41. The fourth-order valence-corrected chi connectivity index (χ4v) is 3.38. The molecular formula is C18H24N2O. The van der Waals surface area contributed by atoms with Gasteiger partial charge < -0.3 is 9.73 Å². The molecular weight excluding hydrogens is 260 g/mol. The lowest BCUT2D eigenvalue weighted by Crippen LogP contribution is -2.29. The van der Waals surface area contributed by atoms with Crippen molar-refractivity contribution < 1.29 is 4.42 Å². The van der Waals surface area contributed by atoms with Crippen LogP contribution in [0.5, 0.6) is 0 Å². The van der Waals surface area contributed by atoms with Gasteiger partial charge in [0.25, 0.3) is 0 Å². The SMILES string of the molecule is CCNC(c1ccc(CC)o1)C1CCCc2cccnc21. The van der Waals surface area contributed by atoms with E-state index in [2.05, 4.69) is 42.3 Å². The van der Waals surface area contributed by atoms with Gasteiger partial charge in [0.2, 0.25) is 0 Å². The van der Waals surface area contributed by atoms with Crippen LogP contribution in [-0.4, -0.2) is 11.5 Å². The first-order valence-electron chi connectivity index (χ1n) is 8.09. The molecule has 1 aliphatic rings. The van der Waals surface area contributed by atoms with Gasteiger partial charge in [-0.3, -0.25) is 4.98 Å². The van der Waals surface area contributed by atoms with E-state index in [9.17, 15) is 0 Å². The van der Waals surface area contributed by atoms with Gasteiger partial charge in [0, 0.05) is 24.2 Å². The number of pyridine rings is 1. The Hall–Kier alpha value is -1.61. The topological polar surface area (TPSA) is 38.1 Å². The first kappa shape index (κ1) is 14.3. The van der Waals surface area contributed by atoms with E-state index >= 15 is 0 Å². The van der Waals surface area contributed by atoms with Gasteiger partial charge in [-0.2, -0.15) is 0 Å². The van der Waals surface area contributed by atoms with Crippen LogP contribution < -0.4 is 5.32 Å². The zero-order valence-electron chi connectivity index (χ0n) is 12.9. The van der Waals surface area contributed by atoms with Gasteiger partial charge >= 0.3 is 0 Å². The van der Waals surface area contributed by atoms with Crippen LogP contribution in [0, 0.1) is 0 Å². The van der Waals surface area contributed by atoms with E-state index in [0.29, 0.717) is 5.92 Å². The molecule has 2 aromatic rings. The molecule has 3 nitrogen and oxygen atoms in total. The largest absolute Gasteiger partial charge is 0.464 e. The Morgan fingerprint density at radius 3 is 3.00 bits per heavy atom. The second kappa shape index (κ2) is 6.44. The minimum absolute atomic E-state index is 0.226. The molecule has 1 aliphatic carbocycles. The van der Waals surface area contributed by atoms with Crippen LogP contribution in [0.1, 0.15) is 61.4 Å². The minimum atomic E-state index is 0.226. The van der Waals surface area contributed by atoms with Crippen molar-refractivity contribution in [2.75, 3.05) is 6.54 Å². The van der Waals surface area contributed by atoms with Crippen LogP contribution in [0.4, 0.5) is 0 Å². The van der Waals surface area contributed by atoms with Crippen molar-refractivity contribution in [3.63, 3.8) is 0 Å². The summed E-state index contributed by atoms with van der Waals surface area (Å²) in [5.41, 5.74) is 2.66. The van der Waals surface area contributed by atoms with Crippen LogP contribution in [0.3, 0.4) is 0 Å². The molecule has 21 heavy (non-hydrogen) atoms. The molecule has 0 aromatic carbocycles. The highest BCUT2D eigenvalue weighted by Gasteiger charge is 2.31. The Morgan fingerprint density at radius 1 is 1.33 bits per heavy atom. The van der Waals surface area contributed by atoms with Crippen molar-refractivity contribution in [2.24, 2.45) is 0 Å². The Bertz CT molecular complexity index is 590. The third-order valence-corrected chi connectivity index (χ3v) is 4.40. The van der Waals surface area contributed by atoms with Gasteiger partial charge in [0.1, 0.15) is 11.5 Å². The summed E-state index contributed by atoms with van der Waals surface area (Å²) in [5, 5.41) is 3.61. The van der Waals surface area contributed by atoms with E-state index < -0.39 is 0 Å². The van der Waals surface area contributed by atoms with Crippen LogP contribution in [0.2, 0.25) is 0 Å². The maximum absolute atomic E-state index is 6.03. The summed E-state index contributed by atoms with van der Waals surface area (Å²) in [6.45, 7) is 5.21. The van der Waals surface area contributed by atoms with Crippen molar-refractivity contribution in [1.29, 1.82) is 0 Å². The number of nitrogens with one attached hydrogen (secondary N) is 1. The normalized spacial score (nSPS) is 19.2. The molecule has 3 rings (SSSR count). The second-order valence-corrected chi connectivity index (χ2v) is 5.74. The molecule has 3 heteroatoms. The standard InChI is InChI=1S/C18H24N2O/c1-3-14-10-11-16(21-14)18(19-4-2)15-9-5-7-13-8-6-12-20-17(13)15/h6,8,10-12,15,18-19H,3-5,7,9H2,1-2H3. The molecule has 0 aliphatic heterocycles. The fraction of sp³-hybridized carbons (Fsp3) is 0.500. The summed E-state index contributed by atoms with van der Waals surface area (Å²) in [5.74, 6) is 2.52. The first-order valence-corrected chi connectivity index (χ1v) is 8.09. The summed E-state index contributed by atoms with van der Waals surface area (Å²) in [6, 6.07) is 8.72. The lowest BCUT2D eigenvalue weighted by atomic mass is 9.81. The van der Waals surface area contributed by atoms with Crippen molar-refractivity contribution in [3.05, 3.63) is 53.2 Å². The smallest absolute Gasteiger partial charge is 0.121 e. The van der Waals surface area contributed by atoms with Crippen molar-refractivity contribution in [1.82, 2.24) is 10.3 Å². The Morgan fingerprint density at radius 2 is 2.24 bits per heavy atom. The molecule has 2 aromatic heterocycles. The average Bonchev–Trinajstić information content (AvgIpc) is 3.01. The van der Waals surface area contributed by atoms with E-state index in [1.54, 1.807) is 0 Å². The predicted octanol–water partition coefficient (Wildman–Crippen LogP) is 4.01. The monoisotopic (exact) mass is 284 g/mol. The Labute approximate surface area is 126 Å². The highest BCUT2D eigenvalue weighted by Crippen LogP contribution is 2.39. The number of furan rings is 1. The van der Waals surface area contributed by atoms with Crippen LogP contribution in [0.25, 0.3) is 0 Å². The molecule has 0 spiro atoms. The number of rotatable bonds is 5. The molecule has 0 bridgehead atoms. The maximum atomic E-state index is 6.03. The lowest BCUT2D eigenvalue weighted by Gasteiger charge is -2.30. The molecule has 0 radical (unpaired) electrons. The molecule has 2 heterocycles. The third kappa shape index (κ3) is 2.88. The number of fused-ring (bicyclic) bond motifs is 1. The fourth-order valence-electron chi connectivity index (χ4n) is 3.38. The Balaban J connectivity index is 1.94. The summed E-state index contributed by atoms with van der Waals surface area (Å²) in [7, 11) is 0. The highest BCUT2D eigenvalue weighted by molar-refractivity contribution is 5.29. The lowest BCUT2D eigenvalue weighted by molar-refractivity contribution is 0.332. The second-order valence-electron chi connectivity index (χ2n) is 5.74. The Kier molecular flexibility index (Phi) is 4.39. The number of nitrogens with zero attached hydrogens (tertiary/aromatic N) is 1. The predicted molar refractivity (Wildman–Crippen MR) is 84.4 cm³/mol. The van der Waals surface area contributed by atoms with E-state index in [-0.39, 0.29) is 6.04 Å². The highest BCUT2D eigenvalue weighted by atomic mass is 16.3. The minimum Gasteiger partial charge on any atom is -0.464 e. The molecule has 0 fully saturated rings. The van der Waals surface area contributed by atoms with E-state index in [1.807, 2.05) is 12.3 Å². The van der Waals surface area contributed by atoms with E-state index in [4.69, 9.17) is 4.42 Å². The van der Waals surface area contributed by atoms with Gasteiger partial charge in [-0.25, -0.2) is 0 Å². The molecule has 2 unspecified atom stereocenters. The average molecular weight is 284 g/mol. The van der Waals surface area contributed by atoms with Crippen LogP contribution >= 0.6 is 0 Å². The van der Waals surface area contributed by atoms with E-state index in [1.165, 1.54) is 24.1 Å². The van der Waals surface area contributed by atoms with Crippen LogP contribution in [-0.2, 0) is 12.8 Å². The summed E-state index contributed by atoms with van der Waals surface area (Å²) < 4.78 is 6.03. The van der Waals surface area contributed by atoms with Crippen molar-refractivity contribution >= 4 is 0 Å². The number of hydrogen-bond acceptors (Lipinski definition) is 3. The molecule has 1 N–H and O–H groups in total. The molecule has 0 saturated heterocycles. The van der Waals surface area contributed by atoms with Crippen molar-refractivity contribution in [2.45, 2.75) is 51.5 Å². The van der Waals surface area contributed by atoms with Gasteiger partial charge in [-0.1, -0.05) is 19.9 Å². The quantitative estimate of drug-likeness (QED) is 0.901. The first-order chi connectivity index (χ1) is 10.3. The molecule has 112 valence electrons. The molecule has 0 amide bonds. The van der Waals surface area contributed by atoms with Gasteiger partial charge in [-0.15, -0.1) is 0 Å². The van der Waals surface area contributed by atoms with Gasteiger partial charge in [0.05, 0.1) is 6.04 Å². The summed E-state index contributed by atoms with van der Waals surface area (Å²) >= 11 is 0.